The molecule has 1 heterocycles. The Kier molecular flexibility index (Phi) is 9.60. The summed E-state index contributed by atoms with van der Waals surface area (Å²) in [4.78, 5) is 0. The Balaban J connectivity index is 1.55. The third-order valence-electron chi connectivity index (χ3n) is 5.91. The highest BCUT2D eigenvalue weighted by Gasteiger charge is 2.46. The van der Waals surface area contributed by atoms with E-state index in [1.54, 1.807) is 11.8 Å². The third kappa shape index (κ3) is 6.94. The summed E-state index contributed by atoms with van der Waals surface area (Å²) in [6.45, 7) is 5.72. The van der Waals surface area contributed by atoms with E-state index in [4.69, 9.17) is 18.9 Å². The number of rotatable bonds is 11. The molecule has 5 atom stereocenters. The van der Waals surface area contributed by atoms with Crippen LogP contribution in [0.5, 0.6) is 0 Å². The molecule has 0 amide bonds. The second kappa shape index (κ2) is 13.1. The van der Waals surface area contributed by atoms with Gasteiger partial charge >= 0.3 is 0 Å². The van der Waals surface area contributed by atoms with E-state index >= 15 is 0 Å². The van der Waals surface area contributed by atoms with Gasteiger partial charge in [-0.3, -0.25) is 0 Å². The SMILES string of the molecule is CCS[C@H]1O[C@H](C)[C@H](OCc2ccccc2)[C@H](OCc2ccccc2)[C@H]1OCc1ccccc1. The van der Waals surface area contributed by atoms with Crippen molar-refractivity contribution >= 4 is 11.8 Å². The summed E-state index contributed by atoms with van der Waals surface area (Å²) >= 11 is 1.76. The molecule has 34 heavy (non-hydrogen) atoms. The van der Waals surface area contributed by atoms with Crippen molar-refractivity contribution in [1.82, 2.24) is 0 Å². The van der Waals surface area contributed by atoms with Crippen molar-refractivity contribution in [3.8, 4) is 0 Å². The van der Waals surface area contributed by atoms with E-state index < -0.39 is 0 Å². The molecule has 1 aliphatic heterocycles. The van der Waals surface area contributed by atoms with Crippen LogP contribution >= 0.6 is 11.8 Å². The highest BCUT2D eigenvalue weighted by Crippen LogP contribution is 2.34. The molecule has 0 bridgehead atoms. The van der Waals surface area contributed by atoms with Crippen molar-refractivity contribution in [3.63, 3.8) is 0 Å². The number of hydrogen-bond donors (Lipinski definition) is 0. The van der Waals surface area contributed by atoms with Gasteiger partial charge in [-0.05, 0) is 29.4 Å². The first-order valence-corrected chi connectivity index (χ1v) is 13.0. The largest absolute Gasteiger partial charge is 0.368 e. The van der Waals surface area contributed by atoms with Crippen LogP contribution in [0.2, 0.25) is 0 Å². The third-order valence-corrected chi connectivity index (χ3v) is 6.96. The average molecular weight is 479 g/mol. The zero-order valence-electron chi connectivity index (χ0n) is 19.9. The fourth-order valence-corrected chi connectivity index (χ4v) is 5.17. The Morgan fingerprint density at radius 2 is 1.03 bits per heavy atom. The highest BCUT2D eigenvalue weighted by atomic mass is 32.2. The Morgan fingerprint density at radius 1 is 0.618 bits per heavy atom. The number of benzene rings is 3. The predicted octanol–water partition coefficient (Wildman–Crippen LogP) is 6.24. The van der Waals surface area contributed by atoms with Crippen molar-refractivity contribution in [2.24, 2.45) is 0 Å². The summed E-state index contributed by atoms with van der Waals surface area (Å²) in [6.07, 6.45) is -0.894. The summed E-state index contributed by atoms with van der Waals surface area (Å²) in [7, 11) is 0. The molecular weight excluding hydrogens is 444 g/mol. The van der Waals surface area contributed by atoms with E-state index in [-0.39, 0.29) is 29.9 Å². The second-order valence-corrected chi connectivity index (χ2v) is 9.82. The van der Waals surface area contributed by atoms with Crippen molar-refractivity contribution in [2.75, 3.05) is 5.75 Å². The van der Waals surface area contributed by atoms with Gasteiger partial charge in [-0.25, -0.2) is 0 Å². The molecule has 5 heteroatoms. The monoisotopic (exact) mass is 478 g/mol. The van der Waals surface area contributed by atoms with Crippen LogP contribution < -0.4 is 0 Å². The predicted molar refractivity (Wildman–Crippen MR) is 138 cm³/mol. The molecule has 4 rings (SSSR count). The smallest absolute Gasteiger partial charge is 0.132 e. The molecule has 0 aromatic heterocycles. The van der Waals surface area contributed by atoms with Crippen LogP contribution in [0.4, 0.5) is 0 Å². The van der Waals surface area contributed by atoms with Crippen LogP contribution in [0.25, 0.3) is 0 Å². The molecule has 0 saturated carbocycles. The Bertz CT molecular complexity index is 954. The summed E-state index contributed by atoms with van der Waals surface area (Å²) in [5.74, 6) is 0.934. The Hall–Kier alpha value is -2.15. The minimum absolute atomic E-state index is 0.120. The Morgan fingerprint density at radius 3 is 1.47 bits per heavy atom. The molecular formula is C29H34O4S. The van der Waals surface area contributed by atoms with Gasteiger partial charge in [0, 0.05) is 0 Å². The lowest BCUT2D eigenvalue weighted by atomic mass is 9.99. The minimum Gasteiger partial charge on any atom is -0.368 e. The normalized spacial score (nSPS) is 24.7. The molecule has 3 aromatic carbocycles. The first kappa shape index (κ1) is 25.0. The fraction of sp³-hybridized carbons (Fsp3) is 0.379. The summed E-state index contributed by atoms with van der Waals surface area (Å²) in [5, 5.41) is 0. The molecule has 180 valence electrons. The minimum atomic E-state index is -0.263. The lowest BCUT2D eigenvalue weighted by Gasteiger charge is -2.45. The molecule has 1 fully saturated rings. The lowest BCUT2D eigenvalue weighted by Crippen LogP contribution is -2.58. The van der Waals surface area contributed by atoms with Crippen molar-refractivity contribution in [2.45, 2.75) is 63.5 Å². The van der Waals surface area contributed by atoms with Gasteiger partial charge in [0.15, 0.2) is 0 Å². The summed E-state index contributed by atoms with van der Waals surface area (Å²) in [6, 6.07) is 30.7. The van der Waals surface area contributed by atoms with Gasteiger partial charge in [0.1, 0.15) is 23.7 Å². The van der Waals surface area contributed by atoms with Gasteiger partial charge in [0.2, 0.25) is 0 Å². The van der Waals surface area contributed by atoms with E-state index in [1.807, 2.05) is 54.6 Å². The number of hydrogen-bond acceptors (Lipinski definition) is 5. The number of thioether (sulfide) groups is 1. The maximum atomic E-state index is 6.57. The molecule has 0 radical (unpaired) electrons. The molecule has 1 saturated heterocycles. The van der Waals surface area contributed by atoms with Crippen LogP contribution in [-0.2, 0) is 38.8 Å². The first-order chi connectivity index (χ1) is 16.7. The van der Waals surface area contributed by atoms with E-state index in [0.717, 1.165) is 22.4 Å². The molecule has 3 aromatic rings. The van der Waals surface area contributed by atoms with E-state index in [2.05, 4.69) is 50.2 Å². The molecule has 0 N–H and O–H groups in total. The molecule has 1 aliphatic rings. The lowest BCUT2D eigenvalue weighted by molar-refractivity contribution is -0.242. The van der Waals surface area contributed by atoms with E-state index in [9.17, 15) is 0 Å². The zero-order chi connectivity index (χ0) is 23.6. The number of ether oxygens (including phenoxy) is 4. The quantitative estimate of drug-likeness (QED) is 0.326. The zero-order valence-corrected chi connectivity index (χ0v) is 20.7. The van der Waals surface area contributed by atoms with Gasteiger partial charge < -0.3 is 18.9 Å². The van der Waals surface area contributed by atoms with Crippen LogP contribution in [0, 0.1) is 0 Å². The average Bonchev–Trinajstić information content (AvgIpc) is 2.88. The standard InChI is InChI=1S/C29H34O4S/c1-3-34-29-28(32-21-25-17-11-6-12-18-25)27(31-20-24-15-9-5-10-16-24)26(22(2)33-29)30-19-23-13-7-4-8-14-23/h4-18,22,26-29H,3,19-21H2,1-2H3/t22-,26+,27+,28-,29-/m1/s1. The molecule has 4 nitrogen and oxygen atoms in total. The van der Waals surface area contributed by atoms with Crippen LogP contribution in [0.3, 0.4) is 0 Å². The van der Waals surface area contributed by atoms with Crippen molar-refractivity contribution < 1.29 is 18.9 Å². The Labute approximate surface area is 207 Å². The summed E-state index contributed by atoms with van der Waals surface area (Å²) in [5.41, 5.74) is 3.26. The maximum absolute atomic E-state index is 6.57. The maximum Gasteiger partial charge on any atom is 0.132 e. The van der Waals surface area contributed by atoms with Crippen molar-refractivity contribution in [3.05, 3.63) is 108 Å². The van der Waals surface area contributed by atoms with Gasteiger partial charge in [-0.15, -0.1) is 11.8 Å². The van der Waals surface area contributed by atoms with Gasteiger partial charge in [0.25, 0.3) is 0 Å². The van der Waals surface area contributed by atoms with E-state index in [1.165, 1.54) is 0 Å². The van der Waals surface area contributed by atoms with E-state index in [0.29, 0.717) is 19.8 Å². The van der Waals surface area contributed by atoms with Gasteiger partial charge in [-0.1, -0.05) is 97.9 Å². The highest BCUT2D eigenvalue weighted by molar-refractivity contribution is 7.99. The fourth-order valence-electron chi connectivity index (χ4n) is 4.17. The molecule has 0 spiro atoms. The van der Waals surface area contributed by atoms with Gasteiger partial charge in [0.05, 0.1) is 25.9 Å². The van der Waals surface area contributed by atoms with Crippen LogP contribution in [-0.4, -0.2) is 35.6 Å². The van der Waals surface area contributed by atoms with Crippen LogP contribution in [0.15, 0.2) is 91.0 Å². The topological polar surface area (TPSA) is 36.9 Å². The summed E-state index contributed by atoms with van der Waals surface area (Å²) < 4.78 is 26.0. The molecule has 0 unspecified atom stereocenters. The van der Waals surface area contributed by atoms with Crippen molar-refractivity contribution in [1.29, 1.82) is 0 Å². The first-order valence-electron chi connectivity index (χ1n) is 12.0. The van der Waals surface area contributed by atoms with Gasteiger partial charge in [-0.2, -0.15) is 0 Å². The van der Waals surface area contributed by atoms with Crippen LogP contribution in [0.1, 0.15) is 30.5 Å². The molecule has 0 aliphatic carbocycles. The second-order valence-electron chi connectivity index (χ2n) is 8.45.